The normalized spacial score (nSPS) is 22.0. The summed E-state index contributed by atoms with van der Waals surface area (Å²) in [5, 5.41) is 7.01. The minimum Gasteiger partial charge on any atom is -0.379 e. The van der Waals surface area contributed by atoms with Crippen LogP contribution in [0.2, 0.25) is 0 Å². The predicted molar refractivity (Wildman–Crippen MR) is 107 cm³/mol. The second-order valence-electron chi connectivity index (χ2n) is 7.18. The lowest BCUT2D eigenvalue weighted by atomic mass is 10.1. The van der Waals surface area contributed by atoms with Crippen LogP contribution in [0.4, 0.5) is 0 Å². The van der Waals surface area contributed by atoms with Crippen LogP contribution in [-0.4, -0.2) is 86.9 Å². The molecule has 0 aromatic rings. The Morgan fingerprint density at radius 3 is 2.64 bits per heavy atom. The minimum atomic E-state index is 0.430. The van der Waals surface area contributed by atoms with E-state index in [0.29, 0.717) is 18.1 Å². The summed E-state index contributed by atoms with van der Waals surface area (Å²) in [4.78, 5) is 9.37. The molecule has 2 N–H and O–H groups in total. The van der Waals surface area contributed by atoms with E-state index in [0.717, 1.165) is 51.8 Å². The molecule has 1 heterocycles. The fraction of sp³-hybridized carbons (Fsp3) is 0.947. The van der Waals surface area contributed by atoms with Gasteiger partial charge in [0.1, 0.15) is 0 Å². The molecule has 0 radical (unpaired) electrons. The van der Waals surface area contributed by atoms with Gasteiger partial charge < -0.3 is 20.3 Å². The van der Waals surface area contributed by atoms with Gasteiger partial charge in [-0.3, -0.25) is 9.89 Å². The summed E-state index contributed by atoms with van der Waals surface area (Å²) in [5.41, 5.74) is 0. The van der Waals surface area contributed by atoms with E-state index in [1.807, 2.05) is 7.05 Å². The molecular weight excluding hydrogens is 314 g/mol. The Hall–Kier alpha value is -0.850. The Bertz CT molecular complexity index is 373. The summed E-state index contributed by atoms with van der Waals surface area (Å²) in [6.07, 6.45) is 2.38. The molecular formula is C19H41N5O. The maximum absolute atomic E-state index is 5.53. The number of guanidine groups is 1. The Kier molecular flexibility index (Phi) is 11.1. The topological polar surface area (TPSA) is 52.1 Å². The van der Waals surface area contributed by atoms with Crippen LogP contribution < -0.4 is 10.6 Å². The average molecular weight is 356 g/mol. The minimum absolute atomic E-state index is 0.430. The van der Waals surface area contributed by atoms with Crippen molar-refractivity contribution in [2.45, 2.75) is 65.6 Å². The molecule has 6 heteroatoms. The van der Waals surface area contributed by atoms with Crippen molar-refractivity contribution >= 4 is 5.96 Å². The van der Waals surface area contributed by atoms with Crippen molar-refractivity contribution < 1.29 is 4.74 Å². The third-order valence-electron chi connectivity index (χ3n) is 5.16. The lowest BCUT2D eigenvalue weighted by Crippen LogP contribution is -2.53. The van der Waals surface area contributed by atoms with E-state index in [4.69, 9.17) is 4.74 Å². The number of morpholine rings is 1. The molecule has 1 aliphatic heterocycles. The molecule has 0 spiro atoms. The van der Waals surface area contributed by atoms with Crippen molar-refractivity contribution in [3.05, 3.63) is 0 Å². The summed E-state index contributed by atoms with van der Waals surface area (Å²) in [7, 11) is 1.85. The molecule has 1 saturated heterocycles. The van der Waals surface area contributed by atoms with Crippen LogP contribution in [0.5, 0.6) is 0 Å². The van der Waals surface area contributed by atoms with Gasteiger partial charge in [0.15, 0.2) is 5.96 Å². The van der Waals surface area contributed by atoms with E-state index in [2.05, 4.69) is 60.0 Å². The molecule has 0 amide bonds. The quantitative estimate of drug-likeness (QED) is 0.462. The highest BCUT2D eigenvalue weighted by Crippen LogP contribution is 2.10. The maximum atomic E-state index is 5.53. The molecule has 6 nitrogen and oxygen atoms in total. The summed E-state index contributed by atoms with van der Waals surface area (Å²) >= 11 is 0. The molecule has 0 aliphatic carbocycles. The molecule has 0 aromatic heterocycles. The van der Waals surface area contributed by atoms with Gasteiger partial charge in [0.05, 0.1) is 13.2 Å². The van der Waals surface area contributed by atoms with Crippen molar-refractivity contribution in [2.75, 3.05) is 53.0 Å². The number of rotatable bonds is 10. The van der Waals surface area contributed by atoms with Crippen LogP contribution in [0.3, 0.4) is 0 Å². The fourth-order valence-corrected chi connectivity index (χ4v) is 3.42. The molecule has 25 heavy (non-hydrogen) atoms. The number of aliphatic imine (C=N–C) groups is 1. The molecule has 1 fully saturated rings. The van der Waals surface area contributed by atoms with Crippen molar-refractivity contribution in [1.29, 1.82) is 0 Å². The van der Waals surface area contributed by atoms with E-state index in [1.165, 1.54) is 13.0 Å². The second kappa shape index (κ2) is 12.5. The molecule has 1 rings (SSSR count). The highest BCUT2D eigenvalue weighted by molar-refractivity contribution is 5.79. The molecule has 1 aliphatic rings. The molecule has 3 unspecified atom stereocenters. The molecule has 148 valence electrons. The standard InChI is InChI=1S/C19H41N5O/c1-7-23(8-2)11-9-10-16(3)22-19(20-6)21-14-17(4)24-12-13-25-15-18(24)5/h16-18H,7-15H2,1-6H3,(H2,20,21,22). The van der Waals surface area contributed by atoms with Gasteiger partial charge in [-0.15, -0.1) is 0 Å². The lowest BCUT2D eigenvalue weighted by molar-refractivity contribution is -0.0174. The zero-order valence-electron chi connectivity index (χ0n) is 17.3. The zero-order valence-corrected chi connectivity index (χ0v) is 17.3. The third-order valence-corrected chi connectivity index (χ3v) is 5.16. The van der Waals surface area contributed by atoms with Gasteiger partial charge in [-0.25, -0.2) is 0 Å². The van der Waals surface area contributed by atoms with E-state index < -0.39 is 0 Å². The van der Waals surface area contributed by atoms with E-state index in [-0.39, 0.29) is 0 Å². The zero-order chi connectivity index (χ0) is 18.7. The molecule has 3 atom stereocenters. The van der Waals surface area contributed by atoms with Crippen molar-refractivity contribution in [3.8, 4) is 0 Å². The Morgan fingerprint density at radius 2 is 2.04 bits per heavy atom. The number of hydrogen-bond donors (Lipinski definition) is 2. The van der Waals surface area contributed by atoms with Crippen molar-refractivity contribution in [3.63, 3.8) is 0 Å². The molecule has 0 aromatic carbocycles. The van der Waals surface area contributed by atoms with Gasteiger partial charge in [-0.1, -0.05) is 13.8 Å². The smallest absolute Gasteiger partial charge is 0.191 e. The van der Waals surface area contributed by atoms with Crippen molar-refractivity contribution in [2.24, 2.45) is 4.99 Å². The van der Waals surface area contributed by atoms with Gasteiger partial charge in [0.25, 0.3) is 0 Å². The number of nitrogens with one attached hydrogen (secondary N) is 2. The number of hydrogen-bond acceptors (Lipinski definition) is 4. The monoisotopic (exact) mass is 355 g/mol. The van der Waals surface area contributed by atoms with Gasteiger partial charge in [0.2, 0.25) is 0 Å². The van der Waals surface area contributed by atoms with Crippen LogP contribution in [0.25, 0.3) is 0 Å². The van der Waals surface area contributed by atoms with E-state index in [1.54, 1.807) is 0 Å². The van der Waals surface area contributed by atoms with Crippen LogP contribution in [0, 0.1) is 0 Å². The van der Waals surface area contributed by atoms with Gasteiger partial charge in [-0.2, -0.15) is 0 Å². The molecule has 0 bridgehead atoms. The second-order valence-corrected chi connectivity index (χ2v) is 7.18. The largest absolute Gasteiger partial charge is 0.379 e. The maximum Gasteiger partial charge on any atom is 0.191 e. The Morgan fingerprint density at radius 1 is 1.32 bits per heavy atom. The molecule has 0 saturated carbocycles. The van der Waals surface area contributed by atoms with Crippen LogP contribution in [0.15, 0.2) is 4.99 Å². The number of ether oxygens (including phenoxy) is 1. The Labute approximate surface area is 155 Å². The first kappa shape index (κ1) is 22.2. The Balaban J connectivity index is 2.28. The predicted octanol–water partition coefficient (Wildman–Crippen LogP) is 1.77. The average Bonchev–Trinajstić information content (AvgIpc) is 2.62. The SMILES string of the molecule is CCN(CC)CCCC(C)NC(=NC)NCC(C)N1CCOCC1C. The highest BCUT2D eigenvalue weighted by atomic mass is 16.5. The van der Waals surface area contributed by atoms with E-state index in [9.17, 15) is 0 Å². The summed E-state index contributed by atoms with van der Waals surface area (Å²) < 4.78 is 5.53. The first-order valence-corrected chi connectivity index (χ1v) is 10.0. The lowest BCUT2D eigenvalue weighted by Gasteiger charge is -2.38. The summed E-state index contributed by atoms with van der Waals surface area (Å²) in [5.74, 6) is 0.906. The first-order chi connectivity index (χ1) is 12.0. The first-order valence-electron chi connectivity index (χ1n) is 10.0. The van der Waals surface area contributed by atoms with Gasteiger partial charge in [0, 0.05) is 38.3 Å². The van der Waals surface area contributed by atoms with Crippen LogP contribution >= 0.6 is 0 Å². The van der Waals surface area contributed by atoms with Crippen LogP contribution in [-0.2, 0) is 4.74 Å². The number of nitrogens with zero attached hydrogens (tertiary/aromatic N) is 3. The summed E-state index contributed by atoms with van der Waals surface area (Å²) in [6.45, 7) is 18.2. The highest BCUT2D eigenvalue weighted by Gasteiger charge is 2.23. The summed E-state index contributed by atoms with van der Waals surface area (Å²) in [6, 6.07) is 1.38. The van der Waals surface area contributed by atoms with E-state index >= 15 is 0 Å². The van der Waals surface area contributed by atoms with Gasteiger partial charge >= 0.3 is 0 Å². The van der Waals surface area contributed by atoms with Crippen molar-refractivity contribution in [1.82, 2.24) is 20.4 Å². The third kappa shape index (κ3) is 8.38. The fourth-order valence-electron chi connectivity index (χ4n) is 3.42. The van der Waals surface area contributed by atoms with Crippen LogP contribution in [0.1, 0.15) is 47.5 Å². The van der Waals surface area contributed by atoms with Gasteiger partial charge in [-0.05, 0) is 53.2 Å².